The molecule has 1 aromatic rings. The van der Waals surface area contributed by atoms with Gasteiger partial charge in [0.25, 0.3) is 5.91 Å². The highest BCUT2D eigenvalue weighted by Crippen LogP contribution is 2.10. The normalized spacial score (nSPS) is 11.3. The molecule has 1 amide bonds. The smallest absolute Gasteiger partial charge is 0.255 e. The molecule has 0 atom stereocenters. The highest BCUT2D eigenvalue weighted by atomic mass is 35.5. The molecule has 0 spiro atoms. The van der Waals surface area contributed by atoms with Gasteiger partial charge in [-0.15, -0.1) is 0 Å². The second-order valence-electron chi connectivity index (χ2n) is 4.46. The van der Waals surface area contributed by atoms with Crippen LogP contribution in [0, 0.1) is 0 Å². The van der Waals surface area contributed by atoms with Crippen LogP contribution in [0.2, 0.25) is 5.02 Å². The molecule has 4 heteroatoms. The molecule has 0 radical (unpaired) electrons. The lowest BCUT2D eigenvalue weighted by atomic mass is 10.2. The van der Waals surface area contributed by atoms with E-state index >= 15 is 0 Å². The number of rotatable bonds is 6. The van der Waals surface area contributed by atoms with Gasteiger partial charge in [0.15, 0.2) is 6.67 Å². The molecule has 0 fully saturated rings. The highest BCUT2D eigenvalue weighted by Gasteiger charge is 2.21. The van der Waals surface area contributed by atoms with E-state index in [4.69, 9.17) is 11.6 Å². The lowest BCUT2D eigenvalue weighted by Crippen LogP contribution is -2.54. The lowest BCUT2D eigenvalue weighted by molar-refractivity contribution is -0.924. The standard InChI is InChI=1S/C14H21ClN2O/c1-4-17(5-2,6-3)11-16-14(18)12-7-9-13(15)10-8-12/h7-10H,4-6,11H2,1-3H3/p+1. The molecule has 1 N–H and O–H groups in total. The number of nitrogens with zero attached hydrogens (tertiary/aromatic N) is 1. The van der Waals surface area contributed by atoms with Crippen LogP contribution in [0.4, 0.5) is 0 Å². The van der Waals surface area contributed by atoms with Crippen LogP contribution in [0.15, 0.2) is 24.3 Å². The van der Waals surface area contributed by atoms with Crippen LogP contribution in [0.3, 0.4) is 0 Å². The predicted molar refractivity (Wildman–Crippen MR) is 75.7 cm³/mol. The largest absolute Gasteiger partial charge is 0.307 e. The zero-order valence-electron chi connectivity index (χ0n) is 11.4. The maximum Gasteiger partial charge on any atom is 0.255 e. The maximum absolute atomic E-state index is 12.0. The topological polar surface area (TPSA) is 29.1 Å². The van der Waals surface area contributed by atoms with Crippen LogP contribution in [0.1, 0.15) is 31.1 Å². The Morgan fingerprint density at radius 3 is 2.06 bits per heavy atom. The van der Waals surface area contributed by atoms with Gasteiger partial charge >= 0.3 is 0 Å². The minimum Gasteiger partial charge on any atom is -0.307 e. The third-order valence-electron chi connectivity index (χ3n) is 3.69. The van der Waals surface area contributed by atoms with E-state index < -0.39 is 0 Å². The van der Waals surface area contributed by atoms with E-state index in [9.17, 15) is 4.79 Å². The van der Waals surface area contributed by atoms with Crippen LogP contribution in [0.5, 0.6) is 0 Å². The fraction of sp³-hybridized carbons (Fsp3) is 0.500. The zero-order valence-corrected chi connectivity index (χ0v) is 12.1. The Morgan fingerprint density at radius 1 is 1.11 bits per heavy atom. The second-order valence-corrected chi connectivity index (χ2v) is 4.90. The second kappa shape index (κ2) is 6.76. The summed E-state index contributed by atoms with van der Waals surface area (Å²) in [5.41, 5.74) is 0.654. The zero-order chi connectivity index (χ0) is 13.6. The van der Waals surface area contributed by atoms with Crippen molar-refractivity contribution in [2.45, 2.75) is 20.8 Å². The fourth-order valence-electron chi connectivity index (χ4n) is 1.95. The Morgan fingerprint density at radius 2 is 1.61 bits per heavy atom. The molecule has 1 aromatic carbocycles. The summed E-state index contributed by atoms with van der Waals surface area (Å²) in [6.07, 6.45) is 0. The quantitative estimate of drug-likeness (QED) is 0.624. The van der Waals surface area contributed by atoms with Gasteiger partial charge in [-0.05, 0) is 45.0 Å². The van der Waals surface area contributed by atoms with Crippen LogP contribution in [-0.4, -0.2) is 36.7 Å². The fourth-order valence-corrected chi connectivity index (χ4v) is 2.08. The van der Waals surface area contributed by atoms with E-state index in [1.165, 1.54) is 0 Å². The van der Waals surface area contributed by atoms with E-state index in [1.54, 1.807) is 24.3 Å². The molecule has 0 aliphatic carbocycles. The highest BCUT2D eigenvalue weighted by molar-refractivity contribution is 6.30. The van der Waals surface area contributed by atoms with Crippen LogP contribution in [-0.2, 0) is 0 Å². The van der Waals surface area contributed by atoms with Crippen molar-refractivity contribution in [3.8, 4) is 0 Å². The molecular weight excluding hydrogens is 248 g/mol. The summed E-state index contributed by atoms with van der Waals surface area (Å²) < 4.78 is 0.902. The third kappa shape index (κ3) is 3.72. The summed E-state index contributed by atoms with van der Waals surface area (Å²) in [4.78, 5) is 12.0. The van der Waals surface area contributed by atoms with E-state index in [0.29, 0.717) is 17.3 Å². The molecule has 1 rings (SSSR count). The molecule has 18 heavy (non-hydrogen) atoms. The van der Waals surface area contributed by atoms with E-state index in [1.807, 2.05) is 0 Å². The number of carbonyl (C=O) groups is 1. The molecular formula is C14H22ClN2O+. The minimum absolute atomic E-state index is 0.0375. The average Bonchev–Trinajstić information content (AvgIpc) is 2.41. The summed E-state index contributed by atoms with van der Waals surface area (Å²) in [6.45, 7) is 10.2. The van der Waals surface area contributed by atoms with Crippen LogP contribution < -0.4 is 5.32 Å². The number of amides is 1. The molecule has 0 saturated carbocycles. The van der Waals surface area contributed by atoms with E-state index in [0.717, 1.165) is 24.1 Å². The van der Waals surface area contributed by atoms with Gasteiger partial charge in [-0.1, -0.05) is 11.6 Å². The SMILES string of the molecule is CC[N+](CC)(CC)CNC(=O)c1ccc(Cl)cc1. The molecule has 0 saturated heterocycles. The molecule has 0 aliphatic heterocycles. The summed E-state index contributed by atoms with van der Waals surface area (Å²) in [7, 11) is 0. The molecule has 0 heterocycles. The summed E-state index contributed by atoms with van der Waals surface area (Å²) >= 11 is 5.80. The van der Waals surface area contributed by atoms with Gasteiger partial charge in [0.2, 0.25) is 0 Å². The molecule has 3 nitrogen and oxygen atoms in total. The summed E-state index contributed by atoms with van der Waals surface area (Å²) in [6, 6.07) is 6.96. The Kier molecular flexibility index (Phi) is 5.63. The van der Waals surface area contributed by atoms with Crippen molar-refractivity contribution in [1.29, 1.82) is 0 Å². The molecule has 0 bridgehead atoms. The molecule has 0 aliphatic rings. The van der Waals surface area contributed by atoms with E-state index in [2.05, 4.69) is 26.1 Å². The number of benzene rings is 1. The molecule has 100 valence electrons. The van der Waals surface area contributed by atoms with Crippen molar-refractivity contribution in [1.82, 2.24) is 5.32 Å². The van der Waals surface area contributed by atoms with Crippen molar-refractivity contribution < 1.29 is 9.28 Å². The Bertz CT molecular complexity index is 377. The number of quaternary nitrogens is 1. The average molecular weight is 270 g/mol. The van der Waals surface area contributed by atoms with Crippen LogP contribution >= 0.6 is 11.6 Å². The maximum atomic E-state index is 12.0. The first-order valence-corrected chi connectivity index (χ1v) is 6.83. The summed E-state index contributed by atoms with van der Waals surface area (Å²) in [5, 5.41) is 3.65. The van der Waals surface area contributed by atoms with Crippen molar-refractivity contribution in [2.24, 2.45) is 0 Å². The number of carbonyl (C=O) groups excluding carboxylic acids is 1. The van der Waals surface area contributed by atoms with Gasteiger partial charge in [0, 0.05) is 10.6 Å². The van der Waals surface area contributed by atoms with Crippen LogP contribution in [0.25, 0.3) is 0 Å². The van der Waals surface area contributed by atoms with Gasteiger partial charge in [0.05, 0.1) is 19.6 Å². The minimum atomic E-state index is -0.0375. The molecule has 0 unspecified atom stereocenters. The number of nitrogens with one attached hydrogen (secondary N) is 1. The number of halogens is 1. The monoisotopic (exact) mass is 269 g/mol. The Hall–Kier alpha value is -1.06. The van der Waals surface area contributed by atoms with Crippen molar-refractivity contribution in [2.75, 3.05) is 26.3 Å². The summed E-state index contributed by atoms with van der Waals surface area (Å²) in [5.74, 6) is -0.0375. The van der Waals surface area contributed by atoms with Gasteiger partial charge in [-0.3, -0.25) is 4.79 Å². The van der Waals surface area contributed by atoms with Gasteiger partial charge < -0.3 is 9.80 Å². The van der Waals surface area contributed by atoms with E-state index in [-0.39, 0.29) is 5.91 Å². The number of hydrogen-bond donors (Lipinski definition) is 1. The lowest BCUT2D eigenvalue weighted by Gasteiger charge is -2.35. The van der Waals surface area contributed by atoms with Gasteiger partial charge in [0.1, 0.15) is 0 Å². The third-order valence-corrected chi connectivity index (χ3v) is 3.95. The van der Waals surface area contributed by atoms with Crippen molar-refractivity contribution in [3.63, 3.8) is 0 Å². The van der Waals surface area contributed by atoms with Crippen molar-refractivity contribution in [3.05, 3.63) is 34.9 Å². The first kappa shape index (κ1) is 15.0. The first-order chi connectivity index (χ1) is 8.56. The molecule has 0 aromatic heterocycles. The first-order valence-electron chi connectivity index (χ1n) is 6.45. The Balaban J connectivity index is 2.63. The van der Waals surface area contributed by atoms with Gasteiger partial charge in [-0.25, -0.2) is 0 Å². The predicted octanol–water partition coefficient (Wildman–Crippen LogP) is 2.90. The Labute approximate surface area is 114 Å². The van der Waals surface area contributed by atoms with Crippen molar-refractivity contribution >= 4 is 17.5 Å². The number of hydrogen-bond acceptors (Lipinski definition) is 1. The van der Waals surface area contributed by atoms with Gasteiger partial charge in [-0.2, -0.15) is 0 Å².